The van der Waals surface area contributed by atoms with E-state index in [4.69, 9.17) is 0 Å². The van der Waals surface area contributed by atoms with Crippen LogP contribution in [-0.2, 0) is 10.0 Å². The fraction of sp³-hybridized carbons (Fsp3) is 0.316. The lowest BCUT2D eigenvalue weighted by molar-refractivity contribution is 0.0746. The lowest BCUT2D eigenvalue weighted by atomic mass is 10.1. The second-order valence-corrected chi connectivity index (χ2v) is 8.70. The Morgan fingerprint density at radius 1 is 1.00 bits per heavy atom. The van der Waals surface area contributed by atoms with E-state index in [1.165, 1.54) is 32.3 Å². The zero-order valence-corrected chi connectivity index (χ0v) is 16.1. The molecular weight excluding hydrogens is 369 g/mol. The number of hydrogen-bond acceptors (Lipinski definition) is 4. The molecule has 2 aromatic rings. The number of halogens is 1. The molecule has 0 N–H and O–H groups in total. The minimum absolute atomic E-state index is 0.0864. The first-order valence-corrected chi connectivity index (χ1v) is 10.1. The van der Waals surface area contributed by atoms with Gasteiger partial charge in [0.05, 0.1) is 10.6 Å². The number of amides is 1. The molecule has 0 radical (unpaired) electrons. The van der Waals surface area contributed by atoms with Gasteiger partial charge < -0.3 is 9.80 Å². The van der Waals surface area contributed by atoms with E-state index in [1.54, 1.807) is 35.2 Å². The van der Waals surface area contributed by atoms with Crippen molar-refractivity contribution in [2.24, 2.45) is 0 Å². The first-order valence-electron chi connectivity index (χ1n) is 8.62. The summed E-state index contributed by atoms with van der Waals surface area (Å²) in [4.78, 5) is 16.4. The smallest absolute Gasteiger partial charge is 0.254 e. The molecule has 3 rings (SSSR count). The monoisotopic (exact) mass is 391 g/mol. The van der Waals surface area contributed by atoms with E-state index in [2.05, 4.69) is 0 Å². The highest BCUT2D eigenvalue weighted by molar-refractivity contribution is 7.89. The second kappa shape index (κ2) is 7.66. The van der Waals surface area contributed by atoms with Gasteiger partial charge in [-0.15, -0.1) is 0 Å². The normalized spacial score (nSPS) is 15.3. The van der Waals surface area contributed by atoms with Crippen molar-refractivity contribution in [1.82, 2.24) is 9.21 Å². The van der Waals surface area contributed by atoms with Crippen LogP contribution in [0.3, 0.4) is 0 Å². The summed E-state index contributed by atoms with van der Waals surface area (Å²) in [7, 11) is -0.700. The second-order valence-electron chi connectivity index (χ2n) is 6.55. The van der Waals surface area contributed by atoms with E-state index in [9.17, 15) is 17.6 Å². The summed E-state index contributed by atoms with van der Waals surface area (Å²) in [5.41, 5.74) is 0.862. The van der Waals surface area contributed by atoms with Gasteiger partial charge >= 0.3 is 0 Å². The molecule has 0 aromatic heterocycles. The number of piperazine rings is 1. The van der Waals surface area contributed by atoms with E-state index in [0.717, 1.165) is 4.31 Å². The fourth-order valence-electron chi connectivity index (χ4n) is 3.04. The Kier molecular flexibility index (Phi) is 5.48. The molecule has 27 heavy (non-hydrogen) atoms. The maximum absolute atomic E-state index is 13.9. The molecule has 0 bridgehead atoms. The van der Waals surface area contributed by atoms with Crippen molar-refractivity contribution < 1.29 is 17.6 Å². The first kappa shape index (κ1) is 19.3. The summed E-state index contributed by atoms with van der Waals surface area (Å²) in [6.45, 7) is 1.92. The summed E-state index contributed by atoms with van der Waals surface area (Å²) in [6.07, 6.45) is 0. The Bertz CT molecular complexity index is 939. The summed E-state index contributed by atoms with van der Waals surface area (Å²) in [6, 6.07) is 12.6. The highest BCUT2D eigenvalue weighted by atomic mass is 32.2. The van der Waals surface area contributed by atoms with Gasteiger partial charge in [-0.2, -0.15) is 0 Å². The molecule has 0 spiro atoms. The number of hydrogen-bond donors (Lipinski definition) is 0. The molecule has 1 fully saturated rings. The van der Waals surface area contributed by atoms with Crippen LogP contribution in [-0.4, -0.2) is 63.8 Å². The molecule has 1 aliphatic heterocycles. The van der Waals surface area contributed by atoms with Gasteiger partial charge in [0.25, 0.3) is 5.91 Å². The zero-order valence-electron chi connectivity index (χ0n) is 15.3. The fourth-order valence-corrected chi connectivity index (χ4v) is 3.99. The molecule has 6 nitrogen and oxygen atoms in total. The summed E-state index contributed by atoms with van der Waals surface area (Å²) in [5, 5.41) is 0. The largest absolute Gasteiger partial charge is 0.366 e. The van der Waals surface area contributed by atoms with Crippen molar-refractivity contribution in [2.45, 2.75) is 4.90 Å². The minimum Gasteiger partial charge on any atom is -0.366 e. The van der Waals surface area contributed by atoms with Crippen LogP contribution in [0.1, 0.15) is 10.4 Å². The average molecular weight is 391 g/mol. The van der Waals surface area contributed by atoms with Gasteiger partial charge in [0.15, 0.2) is 0 Å². The van der Waals surface area contributed by atoms with Crippen LogP contribution in [0.4, 0.5) is 10.1 Å². The van der Waals surface area contributed by atoms with E-state index in [1.807, 2.05) is 4.90 Å². The molecule has 1 amide bonds. The highest BCUT2D eigenvalue weighted by Crippen LogP contribution is 2.21. The number of carbonyl (C=O) groups is 1. The van der Waals surface area contributed by atoms with Gasteiger partial charge in [-0.3, -0.25) is 4.79 Å². The van der Waals surface area contributed by atoms with Gasteiger partial charge in [-0.05, 0) is 30.3 Å². The standard InChI is InChI=1S/C19H22FN3O3S/c1-21(2)27(25,26)16-7-5-6-15(14-16)19(24)23-12-10-22(11-13-23)18-9-4-3-8-17(18)20/h3-9,14H,10-13H2,1-2H3. The zero-order chi connectivity index (χ0) is 19.6. The number of nitrogens with zero attached hydrogens (tertiary/aromatic N) is 3. The Labute approximate surface area is 158 Å². The number of anilines is 1. The van der Waals surface area contributed by atoms with Crippen LogP contribution in [0.25, 0.3) is 0 Å². The first-order chi connectivity index (χ1) is 12.8. The Morgan fingerprint density at radius 2 is 1.67 bits per heavy atom. The number of carbonyl (C=O) groups excluding carboxylic acids is 1. The van der Waals surface area contributed by atoms with E-state index in [-0.39, 0.29) is 16.6 Å². The van der Waals surface area contributed by atoms with Crippen LogP contribution in [0, 0.1) is 5.82 Å². The third-order valence-corrected chi connectivity index (χ3v) is 6.43. The van der Waals surface area contributed by atoms with Crippen molar-refractivity contribution in [3.8, 4) is 0 Å². The Morgan fingerprint density at radius 3 is 2.30 bits per heavy atom. The van der Waals surface area contributed by atoms with Crippen LogP contribution >= 0.6 is 0 Å². The maximum atomic E-state index is 13.9. The Hall–Kier alpha value is -2.45. The predicted octanol–water partition coefficient (Wildman–Crippen LogP) is 2.04. The topological polar surface area (TPSA) is 60.9 Å². The average Bonchev–Trinajstić information content (AvgIpc) is 2.68. The van der Waals surface area contributed by atoms with Gasteiger partial charge in [0, 0.05) is 45.8 Å². The molecule has 0 atom stereocenters. The molecule has 1 aliphatic rings. The third-order valence-electron chi connectivity index (χ3n) is 4.62. The van der Waals surface area contributed by atoms with Crippen molar-refractivity contribution in [1.29, 1.82) is 0 Å². The molecular formula is C19H22FN3O3S. The lowest BCUT2D eigenvalue weighted by Gasteiger charge is -2.36. The van der Waals surface area contributed by atoms with Crippen LogP contribution in [0.2, 0.25) is 0 Å². The quantitative estimate of drug-likeness (QED) is 0.800. The van der Waals surface area contributed by atoms with E-state index < -0.39 is 10.0 Å². The maximum Gasteiger partial charge on any atom is 0.254 e. The van der Waals surface area contributed by atoms with Crippen LogP contribution in [0.5, 0.6) is 0 Å². The van der Waals surface area contributed by atoms with Crippen molar-refractivity contribution in [3.05, 3.63) is 59.9 Å². The van der Waals surface area contributed by atoms with Crippen LogP contribution in [0.15, 0.2) is 53.4 Å². The number of benzene rings is 2. The van der Waals surface area contributed by atoms with Gasteiger partial charge in [-0.1, -0.05) is 18.2 Å². The summed E-state index contributed by atoms with van der Waals surface area (Å²) < 4.78 is 39.6. The van der Waals surface area contributed by atoms with Gasteiger partial charge in [-0.25, -0.2) is 17.1 Å². The van der Waals surface area contributed by atoms with E-state index in [0.29, 0.717) is 37.4 Å². The molecule has 0 aliphatic carbocycles. The van der Waals surface area contributed by atoms with Gasteiger partial charge in [0.2, 0.25) is 10.0 Å². The summed E-state index contributed by atoms with van der Waals surface area (Å²) in [5.74, 6) is -0.502. The molecule has 144 valence electrons. The molecule has 2 aromatic carbocycles. The van der Waals surface area contributed by atoms with E-state index >= 15 is 0 Å². The SMILES string of the molecule is CN(C)S(=O)(=O)c1cccc(C(=O)N2CCN(c3ccccc3F)CC2)c1. The van der Waals surface area contributed by atoms with Crippen LogP contribution < -0.4 is 4.90 Å². The number of rotatable bonds is 4. The molecule has 8 heteroatoms. The highest BCUT2D eigenvalue weighted by Gasteiger charge is 2.25. The summed E-state index contributed by atoms with van der Waals surface area (Å²) >= 11 is 0. The molecule has 1 heterocycles. The lowest BCUT2D eigenvalue weighted by Crippen LogP contribution is -2.49. The molecule has 0 saturated carbocycles. The van der Waals surface area contributed by atoms with Gasteiger partial charge in [0.1, 0.15) is 5.82 Å². The minimum atomic E-state index is -3.60. The molecule has 0 unspecified atom stereocenters. The van der Waals surface area contributed by atoms with Crippen molar-refractivity contribution >= 4 is 21.6 Å². The van der Waals surface area contributed by atoms with Crippen molar-refractivity contribution in [2.75, 3.05) is 45.2 Å². The third kappa shape index (κ3) is 3.96. The molecule has 1 saturated heterocycles. The van der Waals surface area contributed by atoms with Crippen molar-refractivity contribution in [3.63, 3.8) is 0 Å². The number of sulfonamides is 1. The predicted molar refractivity (Wildman–Crippen MR) is 102 cm³/mol. The number of para-hydroxylation sites is 1. The Balaban J connectivity index is 1.72.